The summed E-state index contributed by atoms with van der Waals surface area (Å²) < 4.78 is 13.3. The summed E-state index contributed by atoms with van der Waals surface area (Å²) in [6, 6.07) is 8.52. The van der Waals surface area contributed by atoms with E-state index in [1.807, 2.05) is 55.8 Å². The van der Waals surface area contributed by atoms with Gasteiger partial charge in [0.05, 0.1) is 36.1 Å². The number of carbonyl (C=O) groups is 2. The van der Waals surface area contributed by atoms with E-state index in [4.69, 9.17) is 26.1 Å². The highest BCUT2D eigenvalue weighted by Gasteiger charge is 2.51. The van der Waals surface area contributed by atoms with Crippen molar-refractivity contribution in [3.63, 3.8) is 0 Å². The Hall–Kier alpha value is -3.89. The molecule has 1 saturated carbocycles. The first kappa shape index (κ1) is 32.1. The lowest BCUT2D eigenvalue weighted by molar-refractivity contribution is -0.0195. The maximum atomic E-state index is 13.6. The standard InChI is InChI=1S/C35H42ClN5O5/c1-21(2)34(12-13-34)46-32(42)39-30(29-19-37-20-40(29)5)27-17-23-7-6-14-38-31(23)35(44,28-9-8-25(36)18-26(27)28)24-10-15-41(16-11-24)33(43)45-22(3)4/h6-9,14,17-22,24,30,44H,10-13,15-16H2,1-5H3,(H,39,42). The maximum Gasteiger partial charge on any atom is 0.410 e. The van der Waals surface area contributed by atoms with Gasteiger partial charge in [-0.05, 0) is 92.0 Å². The molecule has 3 aliphatic rings. The van der Waals surface area contributed by atoms with Gasteiger partial charge in [0.2, 0.25) is 0 Å². The summed E-state index contributed by atoms with van der Waals surface area (Å²) in [5.74, 6) is -0.0811. The number of likely N-dealkylation sites (tertiary alicyclic amines) is 1. The first-order valence-electron chi connectivity index (χ1n) is 16.0. The SMILES string of the molecule is CC(C)OC(=O)N1CCC(C2(O)c3ccc(Cl)cc3C(C(NC(=O)OC3(C(C)C)CC3)c3cncn3C)=Cc3cccnc32)CC1. The number of aryl methyl sites for hydroxylation is 1. The third-order valence-electron chi connectivity index (χ3n) is 9.71. The van der Waals surface area contributed by atoms with Crippen LogP contribution in [-0.2, 0) is 22.1 Å². The highest BCUT2D eigenvalue weighted by Crippen LogP contribution is 2.50. The number of halogens is 1. The molecule has 11 heteroatoms. The van der Waals surface area contributed by atoms with Crippen LogP contribution >= 0.6 is 11.6 Å². The minimum absolute atomic E-state index is 0.191. The molecule has 3 heterocycles. The minimum Gasteiger partial charge on any atom is -0.447 e. The molecule has 10 nitrogen and oxygen atoms in total. The Balaban J connectivity index is 1.44. The van der Waals surface area contributed by atoms with Crippen molar-refractivity contribution < 1.29 is 24.2 Å². The number of pyridine rings is 1. The molecule has 2 N–H and O–H groups in total. The lowest BCUT2D eigenvalue weighted by atomic mass is 9.72. The van der Waals surface area contributed by atoms with Crippen molar-refractivity contribution >= 4 is 35.4 Å². The maximum absolute atomic E-state index is 13.6. The zero-order chi connectivity index (χ0) is 32.8. The van der Waals surface area contributed by atoms with Crippen LogP contribution in [0.1, 0.15) is 87.5 Å². The van der Waals surface area contributed by atoms with Gasteiger partial charge >= 0.3 is 12.2 Å². The molecule has 1 aliphatic heterocycles. The second-order valence-electron chi connectivity index (χ2n) is 13.3. The average Bonchev–Trinajstić information content (AvgIpc) is 3.71. The number of rotatable bonds is 7. The Labute approximate surface area is 274 Å². The van der Waals surface area contributed by atoms with Gasteiger partial charge in [0.15, 0.2) is 0 Å². The lowest BCUT2D eigenvalue weighted by Gasteiger charge is -2.42. The van der Waals surface area contributed by atoms with Crippen LogP contribution in [0.2, 0.25) is 5.02 Å². The second kappa shape index (κ2) is 12.4. The lowest BCUT2D eigenvalue weighted by Crippen LogP contribution is -2.47. The molecule has 0 spiro atoms. The summed E-state index contributed by atoms with van der Waals surface area (Å²) in [5.41, 5.74) is 2.02. The number of hydrogen-bond donors (Lipinski definition) is 2. The number of benzene rings is 1. The van der Waals surface area contributed by atoms with E-state index in [0.29, 0.717) is 47.8 Å². The molecule has 2 fully saturated rings. The number of alkyl carbamates (subject to hydrolysis) is 1. The van der Waals surface area contributed by atoms with E-state index in [0.717, 1.165) is 29.7 Å². The van der Waals surface area contributed by atoms with Crippen molar-refractivity contribution in [2.24, 2.45) is 18.9 Å². The molecule has 2 atom stereocenters. The fraction of sp³-hybridized carbons (Fsp3) is 0.486. The van der Waals surface area contributed by atoms with E-state index < -0.39 is 23.3 Å². The first-order valence-corrected chi connectivity index (χ1v) is 16.4. The fourth-order valence-electron chi connectivity index (χ4n) is 6.93. The van der Waals surface area contributed by atoms with Crippen LogP contribution in [0.3, 0.4) is 0 Å². The summed E-state index contributed by atoms with van der Waals surface area (Å²) in [6.07, 6.45) is 8.70. The number of fused-ring (bicyclic) bond motifs is 2. The van der Waals surface area contributed by atoms with Gasteiger partial charge < -0.3 is 29.4 Å². The van der Waals surface area contributed by atoms with E-state index in [-0.39, 0.29) is 24.0 Å². The van der Waals surface area contributed by atoms with E-state index in [9.17, 15) is 14.7 Å². The van der Waals surface area contributed by atoms with Gasteiger partial charge in [-0.3, -0.25) is 4.98 Å². The third-order valence-corrected chi connectivity index (χ3v) is 9.94. The van der Waals surface area contributed by atoms with E-state index >= 15 is 0 Å². The normalized spacial score (nSPS) is 21.2. The number of carbonyl (C=O) groups excluding carboxylic acids is 2. The molecule has 2 amide bonds. The molecule has 1 saturated heterocycles. The summed E-state index contributed by atoms with van der Waals surface area (Å²) in [4.78, 5) is 37.1. The number of aromatic nitrogens is 3. The zero-order valence-electron chi connectivity index (χ0n) is 27.0. The van der Waals surface area contributed by atoms with Crippen molar-refractivity contribution in [2.75, 3.05) is 13.1 Å². The van der Waals surface area contributed by atoms with E-state index in [1.165, 1.54) is 0 Å². The summed E-state index contributed by atoms with van der Waals surface area (Å²) in [7, 11) is 1.87. The molecular weight excluding hydrogens is 606 g/mol. The number of imidazole rings is 1. The summed E-state index contributed by atoms with van der Waals surface area (Å²) >= 11 is 6.67. The molecule has 1 aromatic carbocycles. The molecule has 3 aromatic rings. The quantitative estimate of drug-likeness (QED) is 0.302. The molecule has 2 unspecified atom stereocenters. The van der Waals surface area contributed by atoms with Gasteiger partial charge in [-0.15, -0.1) is 0 Å². The Bertz CT molecular complexity index is 1660. The van der Waals surface area contributed by atoms with E-state index in [1.54, 1.807) is 29.7 Å². The highest BCUT2D eigenvalue weighted by molar-refractivity contribution is 6.30. The van der Waals surface area contributed by atoms with Gasteiger partial charge in [-0.1, -0.05) is 37.6 Å². The van der Waals surface area contributed by atoms with Crippen LogP contribution in [0.4, 0.5) is 9.59 Å². The zero-order valence-corrected chi connectivity index (χ0v) is 27.8. The molecule has 2 aromatic heterocycles. The van der Waals surface area contributed by atoms with Gasteiger partial charge in [0, 0.05) is 37.3 Å². The number of ether oxygens (including phenoxy) is 2. The van der Waals surface area contributed by atoms with E-state index in [2.05, 4.69) is 24.1 Å². The summed E-state index contributed by atoms with van der Waals surface area (Å²) in [5, 5.41) is 16.7. The largest absolute Gasteiger partial charge is 0.447 e. The number of nitrogens with one attached hydrogen (secondary N) is 1. The van der Waals surface area contributed by atoms with Crippen LogP contribution in [0.5, 0.6) is 0 Å². The van der Waals surface area contributed by atoms with Crippen LogP contribution in [0.25, 0.3) is 11.6 Å². The highest BCUT2D eigenvalue weighted by atomic mass is 35.5. The van der Waals surface area contributed by atoms with Crippen LogP contribution in [0, 0.1) is 11.8 Å². The van der Waals surface area contributed by atoms with Gasteiger partial charge in [-0.25, -0.2) is 14.6 Å². The number of amides is 2. The predicted molar refractivity (Wildman–Crippen MR) is 175 cm³/mol. The molecule has 6 rings (SSSR count). The predicted octanol–water partition coefficient (Wildman–Crippen LogP) is 6.47. The van der Waals surface area contributed by atoms with Crippen molar-refractivity contribution in [1.82, 2.24) is 24.8 Å². The topological polar surface area (TPSA) is 119 Å². The molecule has 2 aliphatic carbocycles. The Morgan fingerprint density at radius 1 is 1.13 bits per heavy atom. The third kappa shape index (κ3) is 5.88. The number of nitrogens with zero attached hydrogens (tertiary/aromatic N) is 4. The van der Waals surface area contributed by atoms with Gasteiger partial charge in [0.25, 0.3) is 0 Å². The number of piperidine rings is 1. The van der Waals surface area contributed by atoms with Crippen molar-refractivity contribution in [3.05, 3.63) is 82.2 Å². The van der Waals surface area contributed by atoms with Crippen LogP contribution < -0.4 is 5.32 Å². The van der Waals surface area contributed by atoms with Crippen LogP contribution in [0.15, 0.2) is 49.1 Å². The smallest absolute Gasteiger partial charge is 0.410 e. The van der Waals surface area contributed by atoms with Gasteiger partial charge in [-0.2, -0.15) is 0 Å². The Kier molecular flexibility index (Phi) is 8.63. The second-order valence-corrected chi connectivity index (χ2v) is 13.7. The fourth-order valence-corrected chi connectivity index (χ4v) is 7.10. The molecule has 46 heavy (non-hydrogen) atoms. The summed E-state index contributed by atoms with van der Waals surface area (Å²) in [6.45, 7) is 8.66. The Morgan fingerprint density at radius 2 is 1.87 bits per heavy atom. The molecule has 0 radical (unpaired) electrons. The minimum atomic E-state index is -1.52. The van der Waals surface area contributed by atoms with Crippen molar-refractivity contribution in [1.29, 1.82) is 0 Å². The number of aliphatic hydroxyl groups is 1. The van der Waals surface area contributed by atoms with Crippen molar-refractivity contribution in [3.8, 4) is 0 Å². The Morgan fingerprint density at radius 3 is 2.50 bits per heavy atom. The van der Waals surface area contributed by atoms with Crippen molar-refractivity contribution in [2.45, 2.75) is 76.7 Å². The first-order chi connectivity index (χ1) is 21.9. The molecule has 0 bridgehead atoms. The molecular formula is C35H42ClN5O5. The number of hydrogen-bond acceptors (Lipinski definition) is 7. The monoisotopic (exact) mass is 647 g/mol. The van der Waals surface area contributed by atoms with Crippen LogP contribution in [-0.4, -0.2) is 61.5 Å². The van der Waals surface area contributed by atoms with Gasteiger partial charge in [0.1, 0.15) is 11.2 Å². The molecule has 244 valence electrons. The average molecular weight is 648 g/mol.